The van der Waals surface area contributed by atoms with Gasteiger partial charge in [-0.25, -0.2) is 4.79 Å². The number of rotatable bonds is 7. The molecule has 1 amide bonds. The number of methoxy groups -OCH3 is 1. The van der Waals surface area contributed by atoms with Crippen LogP contribution in [0.1, 0.15) is 39.6 Å². The van der Waals surface area contributed by atoms with Gasteiger partial charge in [-0.2, -0.15) is 0 Å². The Labute approximate surface area is 147 Å². The number of furan rings is 1. The van der Waals surface area contributed by atoms with Crippen LogP contribution in [0, 0.1) is 6.92 Å². The Hall–Kier alpha value is -1.60. The Morgan fingerprint density at radius 2 is 2.17 bits per heavy atom. The third-order valence-electron chi connectivity index (χ3n) is 3.29. The molecule has 0 aliphatic carbocycles. The Bertz CT molecular complexity index is 692. The topological polar surface area (TPSA) is 68.5 Å². The summed E-state index contributed by atoms with van der Waals surface area (Å²) in [5, 5.41) is 2.80. The predicted octanol–water partition coefficient (Wildman–Crippen LogP) is 3.84. The summed E-state index contributed by atoms with van der Waals surface area (Å²) in [4.78, 5) is 24.6. The second-order valence-corrected chi connectivity index (χ2v) is 7.56. The summed E-state index contributed by atoms with van der Waals surface area (Å²) in [7, 11) is 1.32. The number of amides is 1. The summed E-state index contributed by atoms with van der Waals surface area (Å²) in [6.45, 7) is 1.96. The van der Waals surface area contributed by atoms with Gasteiger partial charge in [0.2, 0.25) is 5.91 Å². The SMILES string of the molecule is COC(=O)c1cc(CNC(=O)CCCc2ccc(Br)s2)oc1C. The number of esters is 1. The molecule has 0 fully saturated rings. The van der Waals surface area contributed by atoms with Crippen molar-refractivity contribution < 1.29 is 18.7 Å². The molecule has 7 heteroatoms. The monoisotopic (exact) mass is 399 g/mol. The standard InChI is InChI=1S/C16H18BrNO4S/c1-10-13(16(20)21-2)8-11(22-10)9-18-15(19)5-3-4-12-6-7-14(17)23-12/h6-8H,3-5,9H2,1-2H3,(H,18,19). The van der Waals surface area contributed by atoms with Crippen molar-refractivity contribution in [3.63, 3.8) is 0 Å². The van der Waals surface area contributed by atoms with E-state index >= 15 is 0 Å². The third kappa shape index (κ3) is 5.21. The smallest absolute Gasteiger partial charge is 0.341 e. The van der Waals surface area contributed by atoms with E-state index < -0.39 is 5.97 Å². The van der Waals surface area contributed by atoms with Gasteiger partial charge in [0.25, 0.3) is 0 Å². The molecule has 2 rings (SSSR count). The Kier molecular flexibility index (Phi) is 6.41. The second kappa shape index (κ2) is 8.31. The molecule has 0 spiro atoms. The summed E-state index contributed by atoms with van der Waals surface area (Å²) in [6, 6.07) is 5.68. The van der Waals surface area contributed by atoms with Gasteiger partial charge in [-0.3, -0.25) is 4.79 Å². The first kappa shape index (κ1) is 17.7. The van der Waals surface area contributed by atoms with E-state index in [0.717, 1.165) is 16.6 Å². The van der Waals surface area contributed by atoms with E-state index in [4.69, 9.17) is 4.42 Å². The van der Waals surface area contributed by atoms with Crippen LogP contribution in [0.3, 0.4) is 0 Å². The lowest BCUT2D eigenvalue weighted by Crippen LogP contribution is -2.22. The van der Waals surface area contributed by atoms with Crippen molar-refractivity contribution in [3.8, 4) is 0 Å². The molecule has 5 nitrogen and oxygen atoms in total. The molecule has 0 aromatic carbocycles. The maximum absolute atomic E-state index is 11.8. The van der Waals surface area contributed by atoms with Crippen LogP contribution in [0.15, 0.2) is 26.4 Å². The van der Waals surface area contributed by atoms with E-state index in [2.05, 4.69) is 32.0 Å². The Morgan fingerprint density at radius 1 is 1.39 bits per heavy atom. The lowest BCUT2D eigenvalue weighted by molar-refractivity contribution is -0.121. The molecule has 0 radical (unpaired) electrons. The van der Waals surface area contributed by atoms with Gasteiger partial charge in [0.15, 0.2) is 0 Å². The fourth-order valence-electron chi connectivity index (χ4n) is 2.13. The molecule has 0 aliphatic rings. The highest BCUT2D eigenvalue weighted by atomic mass is 79.9. The number of hydrogen-bond acceptors (Lipinski definition) is 5. The third-order valence-corrected chi connectivity index (χ3v) is 4.97. The van der Waals surface area contributed by atoms with Gasteiger partial charge in [0.05, 0.1) is 17.4 Å². The average Bonchev–Trinajstić information content (AvgIpc) is 3.10. The van der Waals surface area contributed by atoms with Crippen LogP contribution in [0.5, 0.6) is 0 Å². The van der Waals surface area contributed by atoms with Gasteiger partial charge in [0.1, 0.15) is 17.1 Å². The van der Waals surface area contributed by atoms with Crippen LogP contribution < -0.4 is 5.32 Å². The maximum atomic E-state index is 11.8. The minimum Gasteiger partial charge on any atom is -0.465 e. The number of thiophene rings is 1. The molecule has 2 aromatic rings. The minimum absolute atomic E-state index is 0.0331. The summed E-state index contributed by atoms with van der Waals surface area (Å²) in [5.74, 6) is 0.558. The van der Waals surface area contributed by atoms with Gasteiger partial charge in [-0.05, 0) is 53.9 Å². The molecule has 0 unspecified atom stereocenters. The molecule has 0 saturated carbocycles. The lowest BCUT2D eigenvalue weighted by Gasteiger charge is -2.02. The van der Waals surface area contributed by atoms with Gasteiger partial charge >= 0.3 is 5.97 Å². The van der Waals surface area contributed by atoms with E-state index in [-0.39, 0.29) is 12.5 Å². The van der Waals surface area contributed by atoms with E-state index in [1.807, 2.05) is 6.07 Å². The summed E-state index contributed by atoms with van der Waals surface area (Å²) in [5.41, 5.74) is 0.389. The van der Waals surface area contributed by atoms with E-state index in [1.54, 1.807) is 24.3 Å². The number of carbonyl (C=O) groups is 2. The Morgan fingerprint density at radius 3 is 2.83 bits per heavy atom. The first-order valence-electron chi connectivity index (χ1n) is 7.18. The largest absolute Gasteiger partial charge is 0.465 e. The summed E-state index contributed by atoms with van der Waals surface area (Å²) in [6.07, 6.45) is 2.14. The number of halogens is 1. The zero-order valence-corrected chi connectivity index (χ0v) is 15.4. The van der Waals surface area contributed by atoms with E-state index in [0.29, 0.717) is 23.5 Å². The molecule has 0 aliphatic heterocycles. The first-order chi connectivity index (χ1) is 11.0. The molecular formula is C16H18BrNO4S. The molecule has 0 atom stereocenters. The number of hydrogen-bond donors (Lipinski definition) is 1. The molecule has 2 aromatic heterocycles. The fraction of sp³-hybridized carbons (Fsp3) is 0.375. The zero-order valence-electron chi connectivity index (χ0n) is 13.0. The normalized spacial score (nSPS) is 10.6. The molecular weight excluding hydrogens is 382 g/mol. The summed E-state index contributed by atoms with van der Waals surface area (Å²) >= 11 is 5.11. The second-order valence-electron chi connectivity index (χ2n) is 5.01. The van der Waals surface area contributed by atoms with E-state index in [1.165, 1.54) is 12.0 Å². The van der Waals surface area contributed by atoms with Crippen LogP contribution in [-0.4, -0.2) is 19.0 Å². The van der Waals surface area contributed by atoms with Crippen molar-refractivity contribution in [1.82, 2.24) is 5.32 Å². The van der Waals surface area contributed by atoms with Crippen molar-refractivity contribution in [1.29, 1.82) is 0 Å². The highest BCUT2D eigenvalue weighted by Gasteiger charge is 2.15. The van der Waals surface area contributed by atoms with Gasteiger partial charge < -0.3 is 14.5 Å². The molecule has 0 bridgehead atoms. The quantitative estimate of drug-likeness (QED) is 0.718. The zero-order chi connectivity index (χ0) is 16.8. The van der Waals surface area contributed by atoms with Crippen molar-refractivity contribution >= 4 is 39.1 Å². The van der Waals surface area contributed by atoms with Crippen LogP contribution >= 0.6 is 27.3 Å². The van der Waals surface area contributed by atoms with Crippen molar-refractivity contribution in [2.75, 3.05) is 7.11 Å². The number of ether oxygens (including phenoxy) is 1. The number of nitrogens with one attached hydrogen (secondary N) is 1. The van der Waals surface area contributed by atoms with Crippen LogP contribution in [0.2, 0.25) is 0 Å². The average molecular weight is 400 g/mol. The molecule has 1 N–H and O–H groups in total. The van der Waals surface area contributed by atoms with Gasteiger partial charge in [0, 0.05) is 11.3 Å². The first-order valence-corrected chi connectivity index (χ1v) is 8.79. The van der Waals surface area contributed by atoms with Crippen molar-refractivity contribution in [3.05, 3.63) is 43.9 Å². The maximum Gasteiger partial charge on any atom is 0.341 e. The number of aryl methyl sites for hydroxylation is 2. The van der Waals surface area contributed by atoms with Gasteiger partial charge in [-0.15, -0.1) is 11.3 Å². The fourth-order valence-corrected chi connectivity index (χ4v) is 3.65. The molecule has 23 heavy (non-hydrogen) atoms. The lowest BCUT2D eigenvalue weighted by atomic mass is 10.2. The highest BCUT2D eigenvalue weighted by molar-refractivity contribution is 9.11. The predicted molar refractivity (Wildman–Crippen MR) is 91.6 cm³/mol. The van der Waals surface area contributed by atoms with Crippen LogP contribution in [0.4, 0.5) is 0 Å². The van der Waals surface area contributed by atoms with Crippen LogP contribution in [0.25, 0.3) is 0 Å². The summed E-state index contributed by atoms with van der Waals surface area (Å²) < 4.78 is 11.2. The van der Waals surface area contributed by atoms with E-state index in [9.17, 15) is 9.59 Å². The Balaban J connectivity index is 1.75. The number of carbonyl (C=O) groups excluding carboxylic acids is 2. The van der Waals surface area contributed by atoms with Crippen molar-refractivity contribution in [2.24, 2.45) is 0 Å². The minimum atomic E-state index is -0.439. The van der Waals surface area contributed by atoms with Gasteiger partial charge in [-0.1, -0.05) is 0 Å². The molecule has 124 valence electrons. The van der Waals surface area contributed by atoms with Crippen LogP contribution in [-0.2, 0) is 22.5 Å². The molecule has 0 saturated heterocycles. The van der Waals surface area contributed by atoms with Crippen molar-refractivity contribution in [2.45, 2.75) is 32.7 Å². The molecule has 2 heterocycles. The highest BCUT2D eigenvalue weighted by Crippen LogP contribution is 2.23.